The maximum Gasteiger partial charge on any atom is 0.121 e. The molecule has 2 nitrogen and oxygen atoms in total. The van der Waals surface area contributed by atoms with E-state index >= 15 is 0 Å². The van der Waals surface area contributed by atoms with Crippen molar-refractivity contribution in [2.75, 3.05) is 5.32 Å². The van der Waals surface area contributed by atoms with E-state index < -0.39 is 0 Å². The van der Waals surface area contributed by atoms with Crippen LogP contribution >= 0.6 is 15.9 Å². The summed E-state index contributed by atoms with van der Waals surface area (Å²) < 4.78 is 1.02. The van der Waals surface area contributed by atoms with Crippen molar-refractivity contribution in [2.45, 2.75) is 19.9 Å². The molecule has 2 rings (SSSR count). The van der Waals surface area contributed by atoms with Crippen molar-refractivity contribution in [3.8, 4) is 5.75 Å². The van der Waals surface area contributed by atoms with Crippen LogP contribution in [0.2, 0.25) is 0 Å². The van der Waals surface area contributed by atoms with Crippen molar-refractivity contribution in [3.63, 3.8) is 0 Å². The molecule has 3 heteroatoms. The number of rotatable bonds is 3. The molecule has 2 N–H and O–H groups in total. The predicted octanol–water partition coefficient (Wildman–Crippen LogP) is 4.64. The van der Waals surface area contributed by atoms with Crippen LogP contribution in [0.15, 0.2) is 46.9 Å². The van der Waals surface area contributed by atoms with Crippen LogP contribution in [0.1, 0.15) is 24.1 Å². The molecule has 0 heterocycles. The molecule has 0 aliphatic heterocycles. The molecule has 94 valence electrons. The Labute approximate surface area is 116 Å². The van der Waals surface area contributed by atoms with E-state index in [4.69, 9.17) is 0 Å². The molecule has 0 radical (unpaired) electrons. The Hall–Kier alpha value is -1.48. The van der Waals surface area contributed by atoms with Gasteiger partial charge in [-0.2, -0.15) is 0 Å². The highest BCUT2D eigenvalue weighted by molar-refractivity contribution is 9.10. The minimum Gasteiger partial charge on any atom is -0.508 e. The summed E-state index contributed by atoms with van der Waals surface area (Å²) >= 11 is 3.50. The van der Waals surface area contributed by atoms with Crippen molar-refractivity contribution in [3.05, 3.63) is 58.1 Å². The highest BCUT2D eigenvalue weighted by atomic mass is 79.9. The maximum atomic E-state index is 9.96. The Bertz CT molecular complexity index is 554. The van der Waals surface area contributed by atoms with E-state index in [1.807, 2.05) is 50.2 Å². The average molecular weight is 306 g/mol. The minimum absolute atomic E-state index is 0.0456. The third-order valence-electron chi connectivity index (χ3n) is 2.90. The second kappa shape index (κ2) is 5.44. The van der Waals surface area contributed by atoms with Crippen molar-refractivity contribution in [1.29, 1.82) is 0 Å². The van der Waals surface area contributed by atoms with Crippen LogP contribution in [0.3, 0.4) is 0 Å². The van der Waals surface area contributed by atoms with Crippen LogP contribution in [0.25, 0.3) is 0 Å². The molecule has 0 fully saturated rings. The lowest BCUT2D eigenvalue weighted by Crippen LogP contribution is -2.07. The minimum atomic E-state index is 0.0456. The molecule has 0 aliphatic carbocycles. The van der Waals surface area contributed by atoms with Crippen LogP contribution < -0.4 is 5.32 Å². The number of phenols is 1. The Kier molecular flexibility index (Phi) is 3.92. The van der Waals surface area contributed by atoms with Gasteiger partial charge in [-0.1, -0.05) is 24.3 Å². The van der Waals surface area contributed by atoms with Gasteiger partial charge < -0.3 is 10.4 Å². The Balaban J connectivity index is 2.22. The zero-order valence-corrected chi connectivity index (χ0v) is 12.0. The first-order valence-electron chi connectivity index (χ1n) is 5.88. The Morgan fingerprint density at radius 1 is 1.17 bits per heavy atom. The van der Waals surface area contributed by atoms with E-state index in [1.165, 1.54) is 0 Å². The monoisotopic (exact) mass is 305 g/mol. The van der Waals surface area contributed by atoms with Gasteiger partial charge >= 0.3 is 0 Å². The highest BCUT2D eigenvalue weighted by Gasteiger charge is 2.11. The molecule has 0 aromatic heterocycles. The third-order valence-corrected chi connectivity index (χ3v) is 3.59. The van der Waals surface area contributed by atoms with Crippen LogP contribution in [0.5, 0.6) is 5.75 Å². The SMILES string of the molecule is Cc1ccc(C(C)Nc2ccccc2Br)c(O)c1. The average Bonchev–Trinajstić information content (AvgIpc) is 2.32. The molecular weight excluding hydrogens is 290 g/mol. The third kappa shape index (κ3) is 2.85. The summed E-state index contributed by atoms with van der Waals surface area (Å²) in [5, 5.41) is 13.3. The van der Waals surface area contributed by atoms with Crippen molar-refractivity contribution < 1.29 is 5.11 Å². The number of aryl methyl sites for hydroxylation is 1. The number of halogens is 1. The largest absolute Gasteiger partial charge is 0.508 e. The van der Waals surface area contributed by atoms with Crippen LogP contribution in [0.4, 0.5) is 5.69 Å². The lowest BCUT2D eigenvalue weighted by molar-refractivity contribution is 0.465. The zero-order chi connectivity index (χ0) is 13.1. The number of para-hydroxylation sites is 1. The van der Waals surface area contributed by atoms with Gasteiger partial charge in [0.05, 0.1) is 6.04 Å². The molecule has 0 saturated carbocycles. The van der Waals surface area contributed by atoms with E-state index in [9.17, 15) is 5.11 Å². The highest BCUT2D eigenvalue weighted by Crippen LogP contribution is 2.30. The second-order valence-corrected chi connectivity index (χ2v) is 5.26. The lowest BCUT2D eigenvalue weighted by Gasteiger charge is -2.18. The van der Waals surface area contributed by atoms with E-state index in [0.717, 1.165) is 21.3 Å². The molecular formula is C15H16BrNO. The van der Waals surface area contributed by atoms with Gasteiger partial charge in [-0.05, 0) is 53.5 Å². The number of hydrogen-bond acceptors (Lipinski definition) is 2. The fourth-order valence-corrected chi connectivity index (χ4v) is 2.31. The summed E-state index contributed by atoms with van der Waals surface area (Å²) in [5.74, 6) is 0.335. The van der Waals surface area contributed by atoms with Gasteiger partial charge in [-0.3, -0.25) is 0 Å². The summed E-state index contributed by atoms with van der Waals surface area (Å²) in [6, 6.07) is 13.7. The van der Waals surface area contributed by atoms with Gasteiger partial charge in [0, 0.05) is 15.7 Å². The predicted molar refractivity (Wildman–Crippen MR) is 79.0 cm³/mol. The summed E-state index contributed by atoms with van der Waals surface area (Å²) in [5.41, 5.74) is 2.98. The molecule has 0 amide bonds. The molecule has 2 aromatic carbocycles. The molecule has 0 aliphatic rings. The number of anilines is 1. The van der Waals surface area contributed by atoms with Gasteiger partial charge in [0.1, 0.15) is 5.75 Å². The molecule has 1 atom stereocenters. The molecule has 1 unspecified atom stereocenters. The quantitative estimate of drug-likeness (QED) is 0.866. The number of benzene rings is 2. The van der Waals surface area contributed by atoms with Gasteiger partial charge in [0.2, 0.25) is 0 Å². The number of aromatic hydroxyl groups is 1. The van der Waals surface area contributed by atoms with Crippen molar-refractivity contribution in [1.82, 2.24) is 0 Å². The zero-order valence-electron chi connectivity index (χ0n) is 10.4. The molecule has 0 saturated heterocycles. The Morgan fingerprint density at radius 3 is 2.56 bits per heavy atom. The topological polar surface area (TPSA) is 32.3 Å². The van der Waals surface area contributed by atoms with E-state index in [0.29, 0.717) is 5.75 Å². The van der Waals surface area contributed by atoms with Gasteiger partial charge in [0.25, 0.3) is 0 Å². The normalized spacial score (nSPS) is 12.2. The Morgan fingerprint density at radius 2 is 1.89 bits per heavy atom. The van der Waals surface area contributed by atoms with Crippen LogP contribution in [0, 0.1) is 6.92 Å². The number of phenolic OH excluding ortho intramolecular Hbond substituents is 1. The smallest absolute Gasteiger partial charge is 0.121 e. The van der Waals surface area contributed by atoms with E-state index in [1.54, 1.807) is 6.07 Å². The van der Waals surface area contributed by atoms with Gasteiger partial charge in [-0.25, -0.2) is 0 Å². The van der Waals surface area contributed by atoms with Gasteiger partial charge in [0.15, 0.2) is 0 Å². The fourth-order valence-electron chi connectivity index (χ4n) is 1.91. The molecule has 0 spiro atoms. The first-order chi connectivity index (χ1) is 8.58. The number of hydrogen-bond donors (Lipinski definition) is 2. The summed E-state index contributed by atoms with van der Waals surface area (Å²) in [6.07, 6.45) is 0. The summed E-state index contributed by atoms with van der Waals surface area (Å²) in [7, 11) is 0. The van der Waals surface area contributed by atoms with Crippen molar-refractivity contribution in [2.24, 2.45) is 0 Å². The molecule has 2 aromatic rings. The van der Waals surface area contributed by atoms with E-state index in [2.05, 4.69) is 21.2 Å². The van der Waals surface area contributed by atoms with Crippen molar-refractivity contribution >= 4 is 21.6 Å². The van der Waals surface area contributed by atoms with Crippen LogP contribution in [-0.4, -0.2) is 5.11 Å². The van der Waals surface area contributed by atoms with Gasteiger partial charge in [-0.15, -0.1) is 0 Å². The summed E-state index contributed by atoms with van der Waals surface area (Å²) in [6.45, 7) is 4.00. The lowest BCUT2D eigenvalue weighted by atomic mass is 10.0. The van der Waals surface area contributed by atoms with Crippen LogP contribution in [-0.2, 0) is 0 Å². The maximum absolute atomic E-state index is 9.96. The second-order valence-electron chi connectivity index (χ2n) is 4.41. The fraction of sp³-hybridized carbons (Fsp3) is 0.200. The van der Waals surface area contributed by atoms with E-state index in [-0.39, 0.29) is 6.04 Å². The molecule has 0 bridgehead atoms. The standard InChI is InChI=1S/C15H16BrNO/c1-10-7-8-12(15(18)9-10)11(2)17-14-6-4-3-5-13(14)16/h3-9,11,17-18H,1-2H3. The first kappa shape index (κ1) is 13.0. The first-order valence-corrected chi connectivity index (χ1v) is 6.68. The number of nitrogens with one attached hydrogen (secondary N) is 1. The summed E-state index contributed by atoms with van der Waals surface area (Å²) in [4.78, 5) is 0. The molecule has 18 heavy (non-hydrogen) atoms.